The van der Waals surface area contributed by atoms with E-state index in [1.807, 2.05) is 0 Å². The molecular formula is C12H16F2N2O2S. The lowest BCUT2D eigenvalue weighted by Crippen LogP contribution is -2.40. The van der Waals surface area contributed by atoms with E-state index in [0.717, 1.165) is 25.0 Å². The Morgan fingerprint density at radius 1 is 1.32 bits per heavy atom. The molecular weight excluding hydrogens is 274 g/mol. The monoisotopic (exact) mass is 290 g/mol. The quantitative estimate of drug-likeness (QED) is 0.879. The summed E-state index contributed by atoms with van der Waals surface area (Å²) in [5.41, 5.74) is 5.57. The SMILES string of the molecule is NC[C@H]1CCC[C@@H]1NS(=O)(=O)c1cccc(F)c1F. The van der Waals surface area contributed by atoms with Gasteiger partial charge in [-0.3, -0.25) is 0 Å². The molecule has 0 bridgehead atoms. The van der Waals surface area contributed by atoms with E-state index < -0.39 is 26.6 Å². The summed E-state index contributed by atoms with van der Waals surface area (Å²) in [6.07, 6.45) is 2.38. The fraction of sp³-hybridized carbons (Fsp3) is 0.500. The van der Waals surface area contributed by atoms with Crippen LogP contribution in [0.25, 0.3) is 0 Å². The topological polar surface area (TPSA) is 72.2 Å². The molecule has 1 aromatic carbocycles. The van der Waals surface area contributed by atoms with E-state index in [-0.39, 0.29) is 12.0 Å². The molecule has 1 fully saturated rings. The van der Waals surface area contributed by atoms with Gasteiger partial charge >= 0.3 is 0 Å². The van der Waals surface area contributed by atoms with Crippen LogP contribution in [-0.4, -0.2) is 21.0 Å². The third kappa shape index (κ3) is 2.93. The van der Waals surface area contributed by atoms with Crippen molar-refractivity contribution in [1.29, 1.82) is 0 Å². The average Bonchev–Trinajstić information content (AvgIpc) is 2.78. The van der Waals surface area contributed by atoms with Crippen molar-refractivity contribution in [3.05, 3.63) is 29.8 Å². The molecule has 0 spiro atoms. The lowest BCUT2D eigenvalue weighted by atomic mass is 10.1. The number of hydrogen-bond donors (Lipinski definition) is 2. The van der Waals surface area contributed by atoms with Gasteiger partial charge in [0.1, 0.15) is 4.90 Å². The van der Waals surface area contributed by atoms with Gasteiger partial charge in [0.05, 0.1) is 0 Å². The summed E-state index contributed by atoms with van der Waals surface area (Å²) in [4.78, 5) is -0.657. The molecule has 0 amide bonds. The maximum Gasteiger partial charge on any atom is 0.243 e. The van der Waals surface area contributed by atoms with Crippen molar-refractivity contribution >= 4 is 10.0 Å². The van der Waals surface area contributed by atoms with Crippen LogP contribution < -0.4 is 10.5 Å². The van der Waals surface area contributed by atoms with Gasteiger partial charge in [0.25, 0.3) is 0 Å². The summed E-state index contributed by atoms with van der Waals surface area (Å²) in [7, 11) is -4.06. The van der Waals surface area contributed by atoms with Crippen molar-refractivity contribution in [3.8, 4) is 0 Å². The lowest BCUT2D eigenvalue weighted by molar-refractivity contribution is 0.446. The van der Waals surface area contributed by atoms with Crippen molar-refractivity contribution in [2.24, 2.45) is 11.7 Å². The van der Waals surface area contributed by atoms with Crippen LogP contribution in [0.3, 0.4) is 0 Å². The van der Waals surface area contributed by atoms with Crippen LogP contribution in [-0.2, 0) is 10.0 Å². The van der Waals surface area contributed by atoms with Crippen LogP contribution in [0.2, 0.25) is 0 Å². The Labute approximate surface area is 111 Å². The summed E-state index contributed by atoms with van der Waals surface area (Å²) in [5, 5.41) is 0. The second kappa shape index (κ2) is 5.52. The van der Waals surface area contributed by atoms with Crippen molar-refractivity contribution in [2.75, 3.05) is 6.54 Å². The zero-order valence-corrected chi connectivity index (χ0v) is 11.1. The fourth-order valence-electron chi connectivity index (χ4n) is 2.43. The maximum absolute atomic E-state index is 13.5. The molecule has 0 heterocycles. The first-order valence-electron chi connectivity index (χ1n) is 6.12. The normalized spacial score (nSPS) is 23.7. The largest absolute Gasteiger partial charge is 0.330 e. The van der Waals surface area contributed by atoms with Crippen molar-refractivity contribution in [1.82, 2.24) is 4.72 Å². The summed E-state index contributed by atoms with van der Waals surface area (Å²) >= 11 is 0. The Morgan fingerprint density at radius 3 is 2.74 bits per heavy atom. The van der Waals surface area contributed by atoms with E-state index in [0.29, 0.717) is 13.0 Å². The van der Waals surface area contributed by atoms with E-state index >= 15 is 0 Å². The van der Waals surface area contributed by atoms with Crippen molar-refractivity contribution < 1.29 is 17.2 Å². The molecule has 3 N–H and O–H groups in total. The summed E-state index contributed by atoms with van der Waals surface area (Å²) in [5.74, 6) is -2.48. The molecule has 0 radical (unpaired) electrons. The highest BCUT2D eigenvalue weighted by atomic mass is 32.2. The predicted octanol–water partition coefficient (Wildman–Crippen LogP) is 1.37. The van der Waals surface area contributed by atoms with E-state index in [1.165, 1.54) is 6.07 Å². The minimum atomic E-state index is -4.06. The van der Waals surface area contributed by atoms with Gasteiger partial charge in [0.2, 0.25) is 10.0 Å². The number of nitrogens with two attached hydrogens (primary N) is 1. The van der Waals surface area contributed by atoms with Gasteiger partial charge in [-0.2, -0.15) is 0 Å². The minimum Gasteiger partial charge on any atom is -0.330 e. The predicted molar refractivity (Wildman–Crippen MR) is 66.9 cm³/mol. The highest BCUT2D eigenvalue weighted by Gasteiger charge is 2.31. The van der Waals surface area contributed by atoms with Gasteiger partial charge in [-0.1, -0.05) is 12.5 Å². The summed E-state index contributed by atoms with van der Waals surface area (Å²) in [6, 6.07) is 2.79. The van der Waals surface area contributed by atoms with E-state index in [2.05, 4.69) is 4.72 Å². The molecule has 106 valence electrons. The fourth-order valence-corrected chi connectivity index (χ4v) is 3.86. The minimum absolute atomic E-state index is 0.0476. The van der Waals surface area contributed by atoms with E-state index in [9.17, 15) is 17.2 Å². The zero-order valence-electron chi connectivity index (χ0n) is 10.3. The van der Waals surface area contributed by atoms with Crippen LogP contribution in [0.5, 0.6) is 0 Å². The number of sulfonamides is 1. The van der Waals surface area contributed by atoms with E-state index in [4.69, 9.17) is 5.73 Å². The Hall–Kier alpha value is -1.05. The maximum atomic E-state index is 13.5. The standard InChI is InChI=1S/C12H16F2N2O2S/c13-9-4-2-6-11(12(9)14)19(17,18)16-10-5-1-3-8(10)7-15/h2,4,6,8,10,16H,1,3,5,7,15H2/t8-,10+/m1/s1. The van der Waals surface area contributed by atoms with Crippen LogP contribution in [0.4, 0.5) is 8.78 Å². The molecule has 1 aromatic rings. The summed E-state index contributed by atoms with van der Waals surface area (Å²) < 4.78 is 53.2. The van der Waals surface area contributed by atoms with Gasteiger partial charge in [-0.05, 0) is 37.4 Å². The molecule has 2 rings (SSSR count). The van der Waals surface area contributed by atoms with Crippen LogP contribution in [0.1, 0.15) is 19.3 Å². The highest BCUT2D eigenvalue weighted by molar-refractivity contribution is 7.89. The number of nitrogens with one attached hydrogen (secondary N) is 1. The Morgan fingerprint density at radius 2 is 2.05 bits per heavy atom. The molecule has 19 heavy (non-hydrogen) atoms. The molecule has 0 aromatic heterocycles. The lowest BCUT2D eigenvalue weighted by Gasteiger charge is -2.19. The third-order valence-electron chi connectivity index (χ3n) is 3.47. The van der Waals surface area contributed by atoms with Crippen LogP contribution >= 0.6 is 0 Å². The van der Waals surface area contributed by atoms with Crippen molar-refractivity contribution in [3.63, 3.8) is 0 Å². The third-order valence-corrected chi connectivity index (χ3v) is 4.98. The molecule has 0 aliphatic heterocycles. The average molecular weight is 290 g/mol. The van der Waals surface area contributed by atoms with Gasteiger partial charge in [-0.15, -0.1) is 0 Å². The molecule has 1 aliphatic carbocycles. The highest BCUT2D eigenvalue weighted by Crippen LogP contribution is 2.27. The molecule has 1 saturated carbocycles. The van der Waals surface area contributed by atoms with Gasteiger partial charge in [0.15, 0.2) is 11.6 Å². The summed E-state index contributed by atoms with van der Waals surface area (Å²) in [6.45, 7) is 0.374. The van der Waals surface area contributed by atoms with Crippen LogP contribution in [0.15, 0.2) is 23.1 Å². The first-order chi connectivity index (χ1) is 8.95. The molecule has 0 unspecified atom stereocenters. The Bertz CT molecular complexity index is 563. The molecule has 4 nitrogen and oxygen atoms in total. The second-order valence-electron chi connectivity index (χ2n) is 4.71. The first kappa shape index (κ1) is 14.4. The number of hydrogen-bond acceptors (Lipinski definition) is 3. The molecule has 7 heteroatoms. The van der Waals surface area contributed by atoms with E-state index in [1.54, 1.807) is 0 Å². The number of halogens is 2. The second-order valence-corrected chi connectivity index (χ2v) is 6.39. The first-order valence-corrected chi connectivity index (χ1v) is 7.60. The Balaban J connectivity index is 2.25. The molecule has 0 saturated heterocycles. The Kier molecular flexibility index (Phi) is 4.17. The van der Waals surface area contributed by atoms with Gasteiger partial charge < -0.3 is 5.73 Å². The van der Waals surface area contributed by atoms with Gasteiger partial charge in [-0.25, -0.2) is 21.9 Å². The number of rotatable bonds is 4. The van der Waals surface area contributed by atoms with Crippen LogP contribution in [0, 0.1) is 17.6 Å². The molecule has 2 atom stereocenters. The van der Waals surface area contributed by atoms with Crippen molar-refractivity contribution in [2.45, 2.75) is 30.2 Å². The number of benzene rings is 1. The molecule has 1 aliphatic rings. The smallest absolute Gasteiger partial charge is 0.243 e. The van der Waals surface area contributed by atoms with Gasteiger partial charge in [0, 0.05) is 6.04 Å². The zero-order chi connectivity index (χ0) is 14.0.